The van der Waals surface area contributed by atoms with Gasteiger partial charge in [-0.3, -0.25) is 0 Å². The third-order valence-corrected chi connectivity index (χ3v) is 8.57. The number of aryl methyl sites for hydroxylation is 1. The topological polar surface area (TPSA) is 17.6 Å². The van der Waals surface area contributed by atoms with Gasteiger partial charge in [0.1, 0.15) is 11.2 Å². The van der Waals surface area contributed by atoms with Gasteiger partial charge in [-0.25, -0.2) is 0 Å². The van der Waals surface area contributed by atoms with Crippen molar-refractivity contribution in [3.63, 3.8) is 0 Å². The molecule has 0 atom stereocenters. The molecule has 0 saturated carbocycles. The second-order valence-electron chi connectivity index (χ2n) is 9.40. The highest BCUT2D eigenvalue weighted by molar-refractivity contribution is 7.19. The van der Waals surface area contributed by atoms with Crippen LogP contribution in [0.15, 0.2) is 102 Å². The van der Waals surface area contributed by atoms with Gasteiger partial charge in [-0.15, -0.1) is 11.3 Å². The molecule has 0 spiro atoms. The molecule has 0 radical (unpaired) electrons. The number of pyridine rings is 1. The van der Waals surface area contributed by atoms with E-state index < -0.39 is 0 Å². The number of nitrogens with zero attached hydrogens (tertiary/aromatic N) is 1. The summed E-state index contributed by atoms with van der Waals surface area (Å²) in [5, 5.41) is 9.96. The minimum absolute atomic E-state index is 0.921. The number of hydrogen-bond donors (Lipinski definition) is 0. The van der Waals surface area contributed by atoms with Crippen LogP contribution in [0.5, 0.6) is 0 Å². The van der Waals surface area contributed by atoms with E-state index in [4.69, 9.17) is 4.42 Å². The highest BCUT2D eigenvalue weighted by Crippen LogP contribution is 2.45. The summed E-state index contributed by atoms with van der Waals surface area (Å²) in [4.78, 5) is 1.32. The standard InChI is InChI=1S/C33H21NOS/c1-3-4-10-21-19(2)36-28-17-15-23-24-14-16-27-29(25-12-7-8-13-26(25)35-27)33(24)34-18-20-9-5-6-11-22(20)32(34)31(23)30(21)28/h3-18H,1H2,2H3/b10-4-. The molecule has 0 amide bonds. The molecule has 8 rings (SSSR count). The monoisotopic (exact) mass is 479 g/mol. The van der Waals surface area contributed by atoms with Crippen LogP contribution in [-0.4, -0.2) is 4.40 Å². The van der Waals surface area contributed by atoms with E-state index in [2.05, 4.69) is 96.9 Å². The van der Waals surface area contributed by atoms with E-state index >= 15 is 0 Å². The van der Waals surface area contributed by atoms with Crippen LogP contribution in [-0.2, 0) is 0 Å². The maximum Gasteiger partial charge on any atom is 0.137 e. The summed E-state index contributed by atoms with van der Waals surface area (Å²) in [5.74, 6) is 0. The minimum atomic E-state index is 0.921. The first-order valence-electron chi connectivity index (χ1n) is 12.2. The minimum Gasteiger partial charge on any atom is -0.456 e. The van der Waals surface area contributed by atoms with Crippen molar-refractivity contribution >= 4 is 87.4 Å². The lowest BCUT2D eigenvalue weighted by Gasteiger charge is -2.12. The van der Waals surface area contributed by atoms with Crippen molar-refractivity contribution in [3.8, 4) is 0 Å². The highest BCUT2D eigenvalue weighted by atomic mass is 32.1. The van der Waals surface area contributed by atoms with E-state index in [9.17, 15) is 0 Å². The Morgan fingerprint density at radius 3 is 2.42 bits per heavy atom. The normalized spacial score (nSPS) is 12.6. The van der Waals surface area contributed by atoms with Crippen LogP contribution in [0.25, 0.3) is 76.1 Å². The van der Waals surface area contributed by atoms with Gasteiger partial charge in [0.2, 0.25) is 0 Å². The lowest BCUT2D eigenvalue weighted by Crippen LogP contribution is -1.91. The fourth-order valence-corrected chi connectivity index (χ4v) is 7.08. The Morgan fingerprint density at radius 2 is 1.53 bits per heavy atom. The van der Waals surface area contributed by atoms with Crippen molar-refractivity contribution in [3.05, 3.63) is 108 Å². The number of fused-ring (bicyclic) bond motifs is 14. The molecular weight excluding hydrogens is 458 g/mol. The second kappa shape index (κ2) is 7.09. The van der Waals surface area contributed by atoms with E-state index in [0.717, 1.165) is 16.6 Å². The van der Waals surface area contributed by atoms with Crippen molar-refractivity contribution in [2.75, 3.05) is 0 Å². The molecule has 0 aliphatic carbocycles. The van der Waals surface area contributed by atoms with Crippen molar-refractivity contribution in [2.45, 2.75) is 6.92 Å². The number of thiophene rings is 1. The van der Waals surface area contributed by atoms with Gasteiger partial charge >= 0.3 is 0 Å². The zero-order valence-corrected chi connectivity index (χ0v) is 20.5. The highest BCUT2D eigenvalue weighted by Gasteiger charge is 2.21. The van der Waals surface area contributed by atoms with Crippen molar-refractivity contribution in [1.82, 2.24) is 4.40 Å². The van der Waals surface area contributed by atoms with E-state index in [0.29, 0.717) is 0 Å². The summed E-state index contributed by atoms with van der Waals surface area (Å²) in [6.45, 7) is 6.13. The molecule has 8 aromatic rings. The second-order valence-corrected chi connectivity index (χ2v) is 10.7. The fraction of sp³-hybridized carbons (Fsp3) is 0.0303. The Kier molecular flexibility index (Phi) is 3.92. The van der Waals surface area contributed by atoms with Gasteiger partial charge in [0.15, 0.2) is 0 Å². The molecule has 0 aliphatic rings. The number of hydrogen-bond acceptors (Lipinski definition) is 2. The molecule has 4 aromatic heterocycles. The predicted molar refractivity (Wildman–Crippen MR) is 157 cm³/mol. The van der Waals surface area contributed by atoms with Crippen molar-refractivity contribution < 1.29 is 4.42 Å². The summed E-state index contributed by atoms with van der Waals surface area (Å²) in [6.07, 6.45) is 8.40. The van der Waals surface area contributed by atoms with Crippen LogP contribution in [0.4, 0.5) is 0 Å². The molecule has 4 heterocycles. The van der Waals surface area contributed by atoms with Gasteiger partial charge in [0.05, 0.1) is 16.4 Å². The van der Waals surface area contributed by atoms with Gasteiger partial charge in [0, 0.05) is 48.1 Å². The van der Waals surface area contributed by atoms with Gasteiger partial charge in [-0.05, 0) is 42.1 Å². The third kappa shape index (κ3) is 2.45. The van der Waals surface area contributed by atoms with Crippen molar-refractivity contribution in [1.29, 1.82) is 0 Å². The molecule has 36 heavy (non-hydrogen) atoms. The van der Waals surface area contributed by atoms with E-state index in [1.165, 1.54) is 63.9 Å². The Balaban J connectivity index is 1.75. The molecule has 170 valence electrons. The average molecular weight is 480 g/mol. The average Bonchev–Trinajstić information content (AvgIpc) is 3.57. The van der Waals surface area contributed by atoms with Crippen molar-refractivity contribution in [2.24, 2.45) is 0 Å². The Hall–Kier alpha value is -4.34. The van der Waals surface area contributed by atoms with Crippen LogP contribution in [0.3, 0.4) is 0 Å². The van der Waals surface area contributed by atoms with E-state index in [1.807, 2.05) is 29.6 Å². The lowest BCUT2D eigenvalue weighted by molar-refractivity contribution is 0.669. The number of furan rings is 1. The van der Waals surface area contributed by atoms with Crippen LogP contribution in [0.1, 0.15) is 10.4 Å². The molecular formula is C33H21NOS. The zero-order chi connectivity index (χ0) is 24.0. The van der Waals surface area contributed by atoms with Gasteiger partial charge < -0.3 is 8.82 Å². The molecule has 0 aliphatic heterocycles. The fourth-order valence-electron chi connectivity index (χ4n) is 6.02. The van der Waals surface area contributed by atoms with Crippen LogP contribution >= 0.6 is 11.3 Å². The Morgan fingerprint density at radius 1 is 0.750 bits per heavy atom. The predicted octanol–water partition coefficient (Wildman–Crippen LogP) is 10.0. The molecule has 0 saturated heterocycles. The Labute approximate surface area is 211 Å². The number of benzene rings is 4. The molecule has 0 bridgehead atoms. The van der Waals surface area contributed by atoms with E-state index in [-0.39, 0.29) is 0 Å². The van der Waals surface area contributed by atoms with Crippen LogP contribution in [0, 0.1) is 6.92 Å². The lowest BCUT2D eigenvalue weighted by atomic mass is 9.96. The zero-order valence-electron chi connectivity index (χ0n) is 19.7. The van der Waals surface area contributed by atoms with Crippen LogP contribution in [0.2, 0.25) is 0 Å². The summed E-state index contributed by atoms with van der Waals surface area (Å²) in [5.41, 5.74) is 5.57. The largest absolute Gasteiger partial charge is 0.456 e. The SMILES string of the molecule is C=C/C=C\c1c(C)sc2ccc3c4ccc5oc6ccccc6c5c4n4cc5ccccc5c4c3c12. The maximum atomic E-state index is 6.30. The Bertz CT molecular complexity index is 2240. The molecule has 4 aromatic carbocycles. The first-order valence-corrected chi connectivity index (χ1v) is 13.0. The summed E-state index contributed by atoms with van der Waals surface area (Å²) < 4.78 is 10.0. The molecule has 0 unspecified atom stereocenters. The first kappa shape index (κ1) is 19.9. The summed E-state index contributed by atoms with van der Waals surface area (Å²) in [6, 6.07) is 26.1. The molecule has 3 heteroatoms. The first-order chi connectivity index (χ1) is 17.7. The summed E-state index contributed by atoms with van der Waals surface area (Å²) >= 11 is 1.86. The smallest absolute Gasteiger partial charge is 0.137 e. The summed E-state index contributed by atoms with van der Waals surface area (Å²) in [7, 11) is 0. The quantitative estimate of drug-likeness (QED) is 0.178. The van der Waals surface area contributed by atoms with Gasteiger partial charge in [-0.1, -0.05) is 73.3 Å². The number of para-hydroxylation sites is 1. The number of aromatic nitrogens is 1. The van der Waals surface area contributed by atoms with Crippen LogP contribution < -0.4 is 0 Å². The molecule has 2 nitrogen and oxygen atoms in total. The molecule has 0 fully saturated rings. The third-order valence-electron chi connectivity index (χ3n) is 7.49. The maximum absolute atomic E-state index is 6.30. The van der Waals surface area contributed by atoms with Gasteiger partial charge in [0.25, 0.3) is 0 Å². The molecule has 0 N–H and O–H groups in total. The number of allylic oxidation sites excluding steroid dienone is 2. The van der Waals surface area contributed by atoms with E-state index in [1.54, 1.807) is 0 Å². The number of rotatable bonds is 2. The van der Waals surface area contributed by atoms with Gasteiger partial charge in [-0.2, -0.15) is 0 Å².